The summed E-state index contributed by atoms with van der Waals surface area (Å²) < 4.78 is 63.1. The van der Waals surface area contributed by atoms with Crippen LogP contribution in [0.3, 0.4) is 0 Å². The van der Waals surface area contributed by atoms with Crippen molar-refractivity contribution >= 4 is 34.1 Å². The summed E-state index contributed by atoms with van der Waals surface area (Å²) in [4.78, 5) is 16.8. The molecule has 4 atom stereocenters. The van der Waals surface area contributed by atoms with Crippen LogP contribution in [0.2, 0.25) is 5.02 Å². The Labute approximate surface area is 217 Å². The topological polar surface area (TPSA) is 90.9 Å². The molecule has 1 aromatic heterocycles. The molecule has 1 amide bonds. The van der Waals surface area contributed by atoms with Crippen LogP contribution in [-0.2, 0) is 29.9 Å². The summed E-state index contributed by atoms with van der Waals surface area (Å²) in [6.45, 7) is 3.55. The molecule has 0 radical (unpaired) electrons. The second kappa shape index (κ2) is 9.85. The second-order valence-electron chi connectivity index (χ2n) is 10.1. The van der Waals surface area contributed by atoms with Crippen LogP contribution >= 0.6 is 11.6 Å². The number of carbonyl (C=O) groups is 1. The van der Waals surface area contributed by atoms with Crippen molar-refractivity contribution in [1.82, 2.24) is 10.3 Å². The fourth-order valence-corrected chi connectivity index (χ4v) is 5.48. The van der Waals surface area contributed by atoms with Gasteiger partial charge in [0.2, 0.25) is 0 Å². The van der Waals surface area contributed by atoms with E-state index in [1.807, 2.05) is 0 Å². The third kappa shape index (κ3) is 5.51. The molecular formula is C25H29ClF3N3O5. The van der Waals surface area contributed by atoms with Gasteiger partial charge < -0.3 is 29.6 Å². The standard InChI is InChI=1S/C25H29ClF3N3O5/c1-24(2)36-19-20(35-23(34-3)21(19)37-24)22(33)31-14-7-5-13(6-8-14)30-17-11-18(25(27,28)29)32-16-9-4-12(26)10-15(16)17/h4,9-11,13-14,19-21,23H,5-8H2,1-3H3,(H,30,32)(H,31,33)/t13-,14+,19-,20+,21-,23-/m1/s1. The van der Waals surface area contributed by atoms with Crippen molar-refractivity contribution in [2.45, 2.75) is 88.2 Å². The molecule has 2 N–H and O–H groups in total. The molecule has 0 spiro atoms. The molecule has 3 aliphatic rings. The molecule has 3 heterocycles. The maximum atomic E-state index is 13.4. The number of rotatable bonds is 5. The number of ether oxygens (including phenoxy) is 4. The van der Waals surface area contributed by atoms with E-state index in [0.29, 0.717) is 41.8 Å². The Bertz CT molecular complexity index is 1170. The van der Waals surface area contributed by atoms with Crippen LogP contribution in [0.4, 0.5) is 18.9 Å². The summed E-state index contributed by atoms with van der Waals surface area (Å²) in [7, 11) is 1.49. The third-order valence-electron chi connectivity index (χ3n) is 7.00. The van der Waals surface area contributed by atoms with Crippen molar-refractivity contribution in [3.8, 4) is 0 Å². The lowest BCUT2D eigenvalue weighted by atomic mass is 9.90. The average Bonchev–Trinajstić information content (AvgIpc) is 3.32. The predicted octanol–water partition coefficient (Wildman–Crippen LogP) is 4.64. The summed E-state index contributed by atoms with van der Waals surface area (Å²) in [6.07, 6.45) is -4.60. The SMILES string of the molecule is CO[C@@H]1O[C@H](C(=O)N[C@H]2CC[C@@H](Nc3cc(C(F)(F)F)nc4ccc(Cl)cc34)CC2)[C@H]2OC(C)(C)O[C@@H]12. The van der Waals surface area contributed by atoms with Crippen LogP contribution in [-0.4, -0.2) is 60.5 Å². The van der Waals surface area contributed by atoms with Gasteiger partial charge in [0.05, 0.1) is 5.52 Å². The summed E-state index contributed by atoms with van der Waals surface area (Å²) in [5.41, 5.74) is -0.409. The quantitative estimate of drug-likeness (QED) is 0.568. The number of hydrogen-bond acceptors (Lipinski definition) is 7. The number of hydrogen-bond donors (Lipinski definition) is 2. The van der Waals surface area contributed by atoms with E-state index in [1.165, 1.54) is 19.2 Å². The molecule has 1 aliphatic carbocycles. The number of aromatic nitrogens is 1. The number of methoxy groups -OCH3 is 1. The van der Waals surface area contributed by atoms with Crippen molar-refractivity contribution in [2.24, 2.45) is 0 Å². The molecule has 2 saturated heterocycles. The number of carbonyl (C=O) groups excluding carboxylic acids is 1. The van der Waals surface area contributed by atoms with E-state index in [-0.39, 0.29) is 23.5 Å². The minimum absolute atomic E-state index is 0.0730. The number of nitrogens with zero attached hydrogens (tertiary/aromatic N) is 1. The normalized spacial score (nSPS) is 31.3. The zero-order valence-corrected chi connectivity index (χ0v) is 21.4. The summed E-state index contributed by atoms with van der Waals surface area (Å²) in [5, 5.41) is 7.23. The van der Waals surface area contributed by atoms with Gasteiger partial charge >= 0.3 is 6.18 Å². The number of amides is 1. The van der Waals surface area contributed by atoms with Crippen molar-refractivity contribution in [3.63, 3.8) is 0 Å². The zero-order chi connectivity index (χ0) is 26.5. The van der Waals surface area contributed by atoms with E-state index in [2.05, 4.69) is 15.6 Å². The number of alkyl halides is 3. The lowest BCUT2D eigenvalue weighted by Gasteiger charge is -2.31. The average molecular weight is 544 g/mol. The smallest absolute Gasteiger partial charge is 0.382 e. The molecule has 2 aliphatic heterocycles. The van der Waals surface area contributed by atoms with Crippen LogP contribution in [0, 0.1) is 0 Å². The molecule has 1 aromatic carbocycles. The number of fused-ring (bicyclic) bond motifs is 2. The Morgan fingerprint density at radius 2 is 1.78 bits per heavy atom. The van der Waals surface area contributed by atoms with Gasteiger partial charge in [-0.25, -0.2) is 4.98 Å². The first-order valence-electron chi connectivity index (χ1n) is 12.2. The molecule has 8 nitrogen and oxygen atoms in total. The largest absolute Gasteiger partial charge is 0.433 e. The van der Waals surface area contributed by atoms with Crippen molar-refractivity contribution in [3.05, 3.63) is 35.0 Å². The Hall–Kier alpha value is -2.18. The second-order valence-corrected chi connectivity index (χ2v) is 10.6. The van der Waals surface area contributed by atoms with Gasteiger partial charge in [-0.05, 0) is 63.8 Å². The molecule has 0 unspecified atom stereocenters. The van der Waals surface area contributed by atoms with E-state index < -0.39 is 42.3 Å². The summed E-state index contributed by atoms with van der Waals surface area (Å²) in [6, 6.07) is 5.46. The highest BCUT2D eigenvalue weighted by Crippen LogP contribution is 2.39. The van der Waals surface area contributed by atoms with Gasteiger partial charge in [-0.2, -0.15) is 13.2 Å². The van der Waals surface area contributed by atoms with Gasteiger partial charge in [-0.3, -0.25) is 4.79 Å². The minimum atomic E-state index is -4.57. The van der Waals surface area contributed by atoms with Crippen molar-refractivity contribution in [1.29, 1.82) is 0 Å². The van der Waals surface area contributed by atoms with Crippen LogP contribution in [0.15, 0.2) is 24.3 Å². The van der Waals surface area contributed by atoms with Crippen LogP contribution in [0.1, 0.15) is 45.2 Å². The van der Waals surface area contributed by atoms with Crippen molar-refractivity contribution < 1.29 is 36.9 Å². The van der Waals surface area contributed by atoms with Crippen LogP contribution in [0.25, 0.3) is 10.9 Å². The predicted molar refractivity (Wildman–Crippen MR) is 129 cm³/mol. The van der Waals surface area contributed by atoms with Crippen LogP contribution < -0.4 is 10.6 Å². The minimum Gasteiger partial charge on any atom is -0.382 e. The number of halogens is 4. The monoisotopic (exact) mass is 543 g/mol. The van der Waals surface area contributed by atoms with E-state index in [0.717, 1.165) is 6.07 Å². The zero-order valence-electron chi connectivity index (χ0n) is 20.6. The number of nitrogens with one attached hydrogen (secondary N) is 2. The fraction of sp³-hybridized carbons (Fsp3) is 0.600. The van der Waals surface area contributed by atoms with E-state index >= 15 is 0 Å². The molecule has 202 valence electrons. The Kier molecular flexibility index (Phi) is 7.03. The van der Waals surface area contributed by atoms with Gasteiger partial charge in [0, 0.05) is 35.3 Å². The van der Waals surface area contributed by atoms with Crippen molar-refractivity contribution in [2.75, 3.05) is 12.4 Å². The number of pyridine rings is 1. The highest BCUT2D eigenvalue weighted by atomic mass is 35.5. The first-order valence-corrected chi connectivity index (χ1v) is 12.6. The molecule has 3 fully saturated rings. The lowest BCUT2D eigenvalue weighted by molar-refractivity contribution is -0.226. The van der Waals surface area contributed by atoms with Gasteiger partial charge in [-0.1, -0.05) is 11.6 Å². The Morgan fingerprint density at radius 1 is 1.11 bits per heavy atom. The Balaban J connectivity index is 1.22. The molecule has 2 aromatic rings. The first kappa shape index (κ1) is 26.4. The Morgan fingerprint density at radius 3 is 2.46 bits per heavy atom. The van der Waals surface area contributed by atoms with E-state index in [4.69, 9.17) is 30.5 Å². The van der Waals surface area contributed by atoms with Crippen LogP contribution in [0.5, 0.6) is 0 Å². The van der Waals surface area contributed by atoms with E-state index in [1.54, 1.807) is 19.9 Å². The molecule has 1 saturated carbocycles. The van der Waals surface area contributed by atoms with Gasteiger partial charge in [0.15, 0.2) is 18.2 Å². The highest BCUT2D eigenvalue weighted by Gasteiger charge is 2.58. The van der Waals surface area contributed by atoms with Gasteiger partial charge in [0.1, 0.15) is 17.9 Å². The molecule has 5 rings (SSSR count). The maximum absolute atomic E-state index is 13.4. The molecule has 37 heavy (non-hydrogen) atoms. The maximum Gasteiger partial charge on any atom is 0.433 e. The third-order valence-corrected chi connectivity index (χ3v) is 7.23. The van der Waals surface area contributed by atoms with Gasteiger partial charge in [0.25, 0.3) is 5.91 Å². The molecular weight excluding hydrogens is 515 g/mol. The number of anilines is 1. The summed E-state index contributed by atoms with van der Waals surface area (Å²) in [5.74, 6) is -1.14. The van der Waals surface area contributed by atoms with Gasteiger partial charge in [-0.15, -0.1) is 0 Å². The summed E-state index contributed by atoms with van der Waals surface area (Å²) >= 11 is 6.10. The molecule has 12 heteroatoms. The first-order chi connectivity index (χ1) is 17.4. The number of benzene rings is 1. The lowest BCUT2D eigenvalue weighted by Crippen LogP contribution is -2.48. The highest BCUT2D eigenvalue weighted by molar-refractivity contribution is 6.31. The molecule has 0 bridgehead atoms. The van der Waals surface area contributed by atoms with E-state index in [9.17, 15) is 18.0 Å². The fourth-order valence-electron chi connectivity index (χ4n) is 5.31.